The Labute approximate surface area is 107 Å². The van der Waals surface area contributed by atoms with E-state index in [9.17, 15) is 23.4 Å². The molecule has 2 N–H and O–H groups in total. The van der Waals surface area contributed by atoms with E-state index in [4.69, 9.17) is 0 Å². The minimum Gasteiger partial charge on any atom is -0.508 e. The number of benzene rings is 2. The van der Waals surface area contributed by atoms with Crippen molar-refractivity contribution in [3.8, 4) is 22.6 Å². The second kappa shape index (κ2) is 4.50. The molecule has 0 unspecified atom stereocenters. The summed E-state index contributed by atoms with van der Waals surface area (Å²) in [5.74, 6) is -0.413. The van der Waals surface area contributed by atoms with Gasteiger partial charge in [-0.2, -0.15) is 13.2 Å². The van der Waals surface area contributed by atoms with Crippen LogP contribution in [0.15, 0.2) is 36.4 Å². The maximum absolute atomic E-state index is 12.7. The topological polar surface area (TPSA) is 40.5 Å². The number of aryl methyl sites for hydroxylation is 1. The highest BCUT2D eigenvalue weighted by molar-refractivity contribution is 5.72. The molecule has 0 fully saturated rings. The van der Waals surface area contributed by atoms with Crippen molar-refractivity contribution in [1.29, 1.82) is 0 Å². The SMILES string of the molecule is Cc1cc(-c2ccc(O)cc2O)cc(C(F)(F)F)c1. The van der Waals surface area contributed by atoms with Crippen molar-refractivity contribution in [1.82, 2.24) is 0 Å². The van der Waals surface area contributed by atoms with Crippen LogP contribution in [0.4, 0.5) is 13.2 Å². The fourth-order valence-corrected chi connectivity index (χ4v) is 1.87. The maximum Gasteiger partial charge on any atom is 0.416 e. The predicted molar refractivity (Wildman–Crippen MR) is 64.9 cm³/mol. The minimum absolute atomic E-state index is 0.148. The molecular formula is C14H11F3O2. The van der Waals surface area contributed by atoms with Gasteiger partial charge in [-0.1, -0.05) is 6.07 Å². The number of phenols is 2. The van der Waals surface area contributed by atoms with Gasteiger partial charge in [-0.15, -0.1) is 0 Å². The smallest absolute Gasteiger partial charge is 0.416 e. The molecular weight excluding hydrogens is 257 g/mol. The quantitative estimate of drug-likeness (QED) is 0.817. The van der Waals surface area contributed by atoms with Crippen LogP contribution in [0.25, 0.3) is 11.1 Å². The standard InChI is InChI=1S/C14H11F3O2/c1-8-4-9(6-10(5-8)14(15,16)17)12-3-2-11(18)7-13(12)19/h2-7,18-19H,1H3. The Morgan fingerprint density at radius 3 is 2.21 bits per heavy atom. The fraction of sp³-hybridized carbons (Fsp3) is 0.143. The molecule has 0 heterocycles. The summed E-state index contributed by atoms with van der Waals surface area (Å²) in [6.45, 7) is 1.55. The number of hydrogen-bond donors (Lipinski definition) is 2. The molecule has 100 valence electrons. The lowest BCUT2D eigenvalue weighted by Crippen LogP contribution is -2.05. The molecule has 0 radical (unpaired) electrons. The molecule has 2 rings (SSSR count). The Hall–Kier alpha value is -2.17. The molecule has 0 amide bonds. The summed E-state index contributed by atoms with van der Waals surface area (Å²) in [5.41, 5.74) is 0.170. The third-order valence-corrected chi connectivity index (χ3v) is 2.70. The van der Waals surface area contributed by atoms with Gasteiger partial charge < -0.3 is 10.2 Å². The molecule has 0 aliphatic heterocycles. The van der Waals surface area contributed by atoms with Gasteiger partial charge in [-0.05, 0) is 42.3 Å². The first kappa shape index (κ1) is 13.3. The second-order valence-corrected chi connectivity index (χ2v) is 4.29. The van der Waals surface area contributed by atoms with Crippen molar-refractivity contribution >= 4 is 0 Å². The van der Waals surface area contributed by atoms with Crippen LogP contribution in [0.5, 0.6) is 11.5 Å². The van der Waals surface area contributed by atoms with Gasteiger partial charge in [0.25, 0.3) is 0 Å². The summed E-state index contributed by atoms with van der Waals surface area (Å²) in [6.07, 6.45) is -4.44. The Kier molecular flexibility index (Phi) is 3.14. The lowest BCUT2D eigenvalue weighted by Gasteiger charge is -2.12. The third-order valence-electron chi connectivity index (χ3n) is 2.70. The van der Waals surface area contributed by atoms with E-state index < -0.39 is 11.7 Å². The zero-order valence-corrected chi connectivity index (χ0v) is 9.99. The second-order valence-electron chi connectivity index (χ2n) is 4.29. The summed E-state index contributed by atoms with van der Waals surface area (Å²) in [4.78, 5) is 0. The van der Waals surface area contributed by atoms with E-state index in [1.54, 1.807) is 13.0 Å². The summed E-state index contributed by atoms with van der Waals surface area (Å²) in [6, 6.07) is 7.33. The average Bonchev–Trinajstić information content (AvgIpc) is 2.26. The normalized spacial score (nSPS) is 11.6. The number of phenolic OH excluding ortho intramolecular Hbond substituents is 2. The maximum atomic E-state index is 12.7. The van der Waals surface area contributed by atoms with Crippen LogP contribution in [-0.2, 0) is 6.18 Å². The number of hydrogen-bond acceptors (Lipinski definition) is 2. The Balaban J connectivity index is 2.59. The Bertz CT molecular complexity index is 619. The molecule has 0 aromatic heterocycles. The highest BCUT2D eigenvalue weighted by Gasteiger charge is 2.31. The van der Waals surface area contributed by atoms with Gasteiger partial charge in [0.2, 0.25) is 0 Å². The minimum atomic E-state index is -4.44. The number of alkyl halides is 3. The van der Waals surface area contributed by atoms with Gasteiger partial charge in [0.1, 0.15) is 11.5 Å². The van der Waals surface area contributed by atoms with Crippen LogP contribution in [0, 0.1) is 6.92 Å². The lowest BCUT2D eigenvalue weighted by molar-refractivity contribution is -0.137. The molecule has 2 aromatic rings. The first-order valence-electron chi connectivity index (χ1n) is 5.48. The van der Waals surface area contributed by atoms with Gasteiger partial charge in [0.05, 0.1) is 5.56 Å². The van der Waals surface area contributed by atoms with Crippen molar-refractivity contribution < 1.29 is 23.4 Å². The molecule has 2 aromatic carbocycles. The molecule has 2 nitrogen and oxygen atoms in total. The van der Waals surface area contributed by atoms with Crippen LogP contribution in [-0.4, -0.2) is 10.2 Å². The molecule has 0 saturated heterocycles. The average molecular weight is 268 g/mol. The number of rotatable bonds is 1. The van der Waals surface area contributed by atoms with Crippen molar-refractivity contribution in [2.45, 2.75) is 13.1 Å². The van der Waals surface area contributed by atoms with Gasteiger partial charge >= 0.3 is 6.18 Å². The van der Waals surface area contributed by atoms with Crippen LogP contribution >= 0.6 is 0 Å². The summed E-state index contributed by atoms with van der Waals surface area (Å²) < 4.78 is 38.2. The van der Waals surface area contributed by atoms with Crippen molar-refractivity contribution in [3.63, 3.8) is 0 Å². The highest BCUT2D eigenvalue weighted by atomic mass is 19.4. The van der Waals surface area contributed by atoms with Crippen LogP contribution in [0.2, 0.25) is 0 Å². The third kappa shape index (κ3) is 2.81. The molecule has 0 spiro atoms. The lowest BCUT2D eigenvalue weighted by atomic mass is 9.99. The Morgan fingerprint density at radius 2 is 1.63 bits per heavy atom. The zero-order valence-electron chi connectivity index (χ0n) is 9.99. The first-order valence-corrected chi connectivity index (χ1v) is 5.48. The van der Waals surface area contributed by atoms with E-state index >= 15 is 0 Å². The summed E-state index contributed by atoms with van der Waals surface area (Å²) in [7, 11) is 0. The van der Waals surface area contributed by atoms with E-state index in [0.717, 1.165) is 18.2 Å². The molecule has 19 heavy (non-hydrogen) atoms. The van der Waals surface area contributed by atoms with Crippen molar-refractivity contribution in [2.24, 2.45) is 0 Å². The molecule has 0 aliphatic carbocycles. The van der Waals surface area contributed by atoms with Gasteiger partial charge in [0, 0.05) is 11.6 Å². The molecule has 0 bridgehead atoms. The van der Waals surface area contributed by atoms with E-state index in [1.165, 1.54) is 12.1 Å². The van der Waals surface area contributed by atoms with Gasteiger partial charge in [0.15, 0.2) is 0 Å². The van der Waals surface area contributed by atoms with Crippen LogP contribution < -0.4 is 0 Å². The van der Waals surface area contributed by atoms with E-state index in [0.29, 0.717) is 5.56 Å². The van der Waals surface area contributed by atoms with Crippen molar-refractivity contribution in [2.75, 3.05) is 0 Å². The largest absolute Gasteiger partial charge is 0.508 e. The van der Waals surface area contributed by atoms with E-state index in [2.05, 4.69) is 0 Å². The fourth-order valence-electron chi connectivity index (χ4n) is 1.87. The van der Waals surface area contributed by atoms with Gasteiger partial charge in [-0.25, -0.2) is 0 Å². The monoisotopic (exact) mass is 268 g/mol. The molecule has 5 heteroatoms. The van der Waals surface area contributed by atoms with Crippen molar-refractivity contribution in [3.05, 3.63) is 47.5 Å². The molecule has 0 saturated carbocycles. The number of aromatic hydroxyl groups is 2. The van der Waals surface area contributed by atoms with Gasteiger partial charge in [-0.3, -0.25) is 0 Å². The van der Waals surface area contributed by atoms with E-state index in [1.807, 2.05) is 0 Å². The Morgan fingerprint density at radius 1 is 0.947 bits per heavy atom. The van der Waals surface area contributed by atoms with E-state index in [-0.39, 0.29) is 22.6 Å². The predicted octanol–water partition coefficient (Wildman–Crippen LogP) is 4.09. The number of halogens is 3. The summed E-state index contributed by atoms with van der Waals surface area (Å²) in [5, 5.41) is 18.9. The zero-order chi connectivity index (χ0) is 14.2. The highest BCUT2D eigenvalue weighted by Crippen LogP contribution is 2.37. The first-order chi connectivity index (χ1) is 8.77. The van der Waals surface area contributed by atoms with Crippen LogP contribution in [0.1, 0.15) is 11.1 Å². The molecule has 0 aliphatic rings. The summed E-state index contributed by atoms with van der Waals surface area (Å²) >= 11 is 0. The van der Waals surface area contributed by atoms with Crippen LogP contribution in [0.3, 0.4) is 0 Å². The molecule has 0 atom stereocenters.